The predicted molar refractivity (Wildman–Crippen MR) is 81.1 cm³/mol. The number of aliphatic hydroxyl groups excluding tert-OH is 1. The van der Waals surface area contributed by atoms with Gasteiger partial charge in [0.15, 0.2) is 0 Å². The van der Waals surface area contributed by atoms with E-state index in [-0.39, 0.29) is 12.5 Å². The Kier molecular flexibility index (Phi) is 7.55. The number of pyridine rings is 1. The molecule has 1 aromatic rings. The van der Waals surface area contributed by atoms with Crippen LogP contribution >= 0.6 is 11.6 Å². The van der Waals surface area contributed by atoms with Gasteiger partial charge in [0.1, 0.15) is 5.15 Å². The number of halogens is 1. The molecule has 112 valence electrons. The van der Waals surface area contributed by atoms with Crippen molar-refractivity contribution in [1.29, 1.82) is 0 Å². The van der Waals surface area contributed by atoms with Gasteiger partial charge in [-0.3, -0.25) is 4.79 Å². The summed E-state index contributed by atoms with van der Waals surface area (Å²) in [5, 5.41) is 9.43. The van der Waals surface area contributed by atoms with Gasteiger partial charge in [0, 0.05) is 24.3 Å². The maximum Gasteiger partial charge on any atom is 0.254 e. The van der Waals surface area contributed by atoms with Crippen LogP contribution in [0.1, 0.15) is 48.7 Å². The first-order chi connectivity index (χ1) is 9.58. The van der Waals surface area contributed by atoms with E-state index in [4.69, 9.17) is 16.7 Å². The summed E-state index contributed by atoms with van der Waals surface area (Å²) >= 11 is 5.89. The van der Waals surface area contributed by atoms with Crippen molar-refractivity contribution in [3.05, 3.63) is 28.5 Å². The second-order valence-corrected chi connectivity index (χ2v) is 5.28. The van der Waals surface area contributed by atoms with E-state index < -0.39 is 0 Å². The van der Waals surface area contributed by atoms with E-state index in [1.807, 2.05) is 0 Å². The summed E-state index contributed by atoms with van der Waals surface area (Å²) in [5.74, 6) is -0.0945. The lowest BCUT2D eigenvalue weighted by Crippen LogP contribution is -2.34. The molecule has 1 aromatic heterocycles. The first-order valence-corrected chi connectivity index (χ1v) is 7.50. The molecule has 0 saturated carbocycles. The number of amides is 1. The Balaban J connectivity index is 2.71. The second kappa shape index (κ2) is 8.93. The van der Waals surface area contributed by atoms with Gasteiger partial charge in [-0.2, -0.15) is 0 Å². The van der Waals surface area contributed by atoms with Crippen molar-refractivity contribution in [3.8, 4) is 0 Å². The lowest BCUT2D eigenvalue weighted by Gasteiger charge is -2.22. The molecule has 0 bridgehead atoms. The highest BCUT2D eigenvalue weighted by Gasteiger charge is 2.16. The van der Waals surface area contributed by atoms with Crippen molar-refractivity contribution in [2.75, 3.05) is 19.7 Å². The fourth-order valence-corrected chi connectivity index (χ4v) is 2.35. The molecule has 0 unspecified atom stereocenters. The van der Waals surface area contributed by atoms with E-state index in [0.717, 1.165) is 25.0 Å². The number of unbranched alkanes of at least 4 members (excludes halogenated alkanes) is 3. The third kappa shape index (κ3) is 5.47. The fraction of sp³-hybridized carbons (Fsp3) is 0.600. The van der Waals surface area contributed by atoms with Crippen LogP contribution in [0, 0.1) is 6.92 Å². The zero-order valence-corrected chi connectivity index (χ0v) is 13.0. The summed E-state index contributed by atoms with van der Waals surface area (Å²) in [7, 11) is 0. The highest BCUT2D eigenvalue weighted by Crippen LogP contribution is 2.13. The largest absolute Gasteiger partial charge is 0.395 e. The van der Waals surface area contributed by atoms with Gasteiger partial charge in [-0.15, -0.1) is 0 Å². The van der Waals surface area contributed by atoms with Crippen molar-refractivity contribution in [3.63, 3.8) is 0 Å². The lowest BCUT2D eigenvalue weighted by atomic mass is 10.1. The number of carbonyl (C=O) groups excluding carboxylic acids is 1. The molecule has 1 amide bonds. The normalized spacial score (nSPS) is 10.6. The summed E-state index contributed by atoms with van der Waals surface area (Å²) in [6.07, 6.45) is 4.38. The number of hydrogen-bond donors (Lipinski definition) is 1. The molecule has 0 aliphatic carbocycles. The molecule has 4 nitrogen and oxygen atoms in total. The van der Waals surface area contributed by atoms with Gasteiger partial charge in [0.25, 0.3) is 5.91 Å². The molecule has 0 fully saturated rings. The molecule has 0 aromatic carbocycles. The molecule has 0 radical (unpaired) electrons. The van der Waals surface area contributed by atoms with Crippen molar-refractivity contribution in [1.82, 2.24) is 9.88 Å². The molecule has 0 saturated heterocycles. The minimum absolute atomic E-state index is 0.0304. The molecular weight excluding hydrogens is 276 g/mol. The van der Waals surface area contributed by atoms with Gasteiger partial charge >= 0.3 is 0 Å². The second-order valence-electron chi connectivity index (χ2n) is 4.90. The zero-order chi connectivity index (χ0) is 15.0. The molecule has 0 aliphatic rings. The number of hydrogen-bond acceptors (Lipinski definition) is 3. The van der Waals surface area contributed by atoms with Gasteiger partial charge in [-0.25, -0.2) is 4.98 Å². The Hall–Kier alpha value is -1.13. The van der Waals surface area contributed by atoms with Gasteiger partial charge < -0.3 is 10.0 Å². The number of aromatic nitrogens is 1. The van der Waals surface area contributed by atoms with Crippen molar-refractivity contribution >= 4 is 17.5 Å². The van der Waals surface area contributed by atoms with E-state index in [9.17, 15) is 4.79 Å². The van der Waals surface area contributed by atoms with Crippen LogP contribution in [0.5, 0.6) is 0 Å². The summed E-state index contributed by atoms with van der Waals surface area (Å²) < 4.78 is 0. The van der Waals surface area contributed by atoms with E-state index in [2.05, 4.69) is 11.9 Å². The first-order valence-electron chi connectivity index (χ1n) is 7.12. The summed E-state index contributed by atoms with van der Waals surface area (Å²) in [5.41, 5.74) is 1.25. The highest BCUT2D eigenvalue weighted by molar-refractivity contribution is 6.29. The van der Waals surface area contributed by atoms with Crippen LogP contribution < -0.4 is 0 Å². The molecule has 1 heterocycles. The number of rotatable bonds is 8. The fourth-order valence-electron chi connectivity index (χ4n) is 2.10. The number of aliphatic hydroxyl groups is 1. The first kappa shape index (κ1) is 16.9. The number of nitrogens with zero attached hydrogens (tertiary/aromatic N) is 2. The number of carbonyl (C=O) groups is 1. The third-order valence-corrected chi connectivity index (χ3v) is 3.30. The van der Waals surface area contributed by atoms with E-state index in [1.165, 1.54) is 6.42 Å². The Labute approximate surface area is 125 Å². The summed E-state index contributed by atoms with van der Waals surface area (Å²) in [6, 6.07) is 3.30. The van der Waals surface area contributed by atoms with Crippen molar-refractivity contribution in [2.24, 2.45) is 0 Å². The zero-order valence-electron chi connectivity index (χ0n) is 12.2. The van der Waals surface area contributed by atoms with Crippen LogP contribution in [0.2, 0.25) is 5.15 Å². The minimum atomic E-state index is -0.0945. The van der Waals surface area contributed by atoms with Gasteiger partial charge in [0.05, 0.1) is 6.61 Å². The standard InChI is InChI=1S/C15H23ClN2O2/c1-3-4-5-6-7-18(8-9-19)15(20)13-10-12(2)17-14(16)11-13/h10-11,19H,3-9H2,1-2H3. The topological polar surface area (TPSA) is 53.4 Å². The van der Waals surface area contributed by atoms with Crippen LogP contribution in [0.4, 0.5) is 0 Å². The van der Waals surface area contributed by atoms with Crippen LogP contribution in [0.3, 0.4) is 0 Å². The minimum Gasteiger partial charge on any atom is -0.395 e. The Morgan fingerprint density at radius 3 is 2.65 bits per heavy atom. The van der Waals surface area contributed by atoms with E-state index >= 15 is 0 Å². The van der Waals surface area contributed by atoms with Gasteiger partial charge in [0.2, 0.25) is 0 Å². The quantitative estimate of drug-likeness (QED) is 0.593. The van der Waals surface area contributed by atoms with Crippen LogP contribution in [0.15, 0.2) is 12.1 Å². The van der Waals surface area contributed by atoms with Gasteiger partial charge in [-0.1, -0.05) is 37.8 Å². The molecular formula is C15H23ClN2O2. The molecule has 0 atom stereocenters. The van der Waals surface area contributed by atoms with Crippen LogP contribution in [0.25, 0.3) is 0 Å². The molecule has 0 spiro atoms. The maximum atomic E-state index is 12.4. The molecule has 20 heavy (non-hydrogen) atoms. The molecule has 1 N–H and O–H groups in total. The van der Waals surface area contributed by atoms with E-state index in [0.29, 0.717) is 23.8 Å². The maximum absolute atomic E-state index is 12.4. The van der Waals surface area contributed by atoms with Crippen molar-refractivity contribution < 1.29 is 9.90 Å². The predicted octanol–water partition coefficient (Wildman–Crippen LogP) is 3.06. The highest BCUT2D eigenvalue weighted by atomic mass is 35.5. The Bertz CT molecular complexity index is 418. The number of aryl methyl sites for hydroxylation is 1. The average molecular weight is 299 g/mol. The van der Waals surface area contributed by atoms with Crippen LogP contribution in [-0.2, 0) is 0 Å². The Morgan fingerprint density at radius 1 is 1.30 bits per heavy atom. The Morgan fingerprint density at radius 2 is 2.05 bits per heavy atom. The lowest BCUT2D eigenvalue weighted by molar-refractivity contribution is 0.0718. The summed E-state index contributed by atoms with van der Waals surface area (Å²) in [6.45, 7) is 4.94. The summed E-state index contributed by atoms with van der Waals surface area (Å²) in [4.78, 5) is 18.2. The van der Waals surface area contributed by atoms with Crippen molar-refractivity contribution in [2.45, 2.75) is 39.5 Å². The van der Waals surface area contributed by atoms with Crippen LogP contribution in [-0.4, -0.2) is 40.6 Å². The third-order valence-electron chi connectivity index (χ3n) is 3.11. The smallest absolute Gasteiger partial charge is 0.254 e. The molecule has 1 rings (SSSR count). The van der Waals surface area contributed by atoms with E-state index in [1.54, 1.807) is 24.0 Å². The van der Waals surface area contributed by atoms with Gasteiger partial charge in [-0.05, 0) is 25.5 Å². The SMILES string of the molecule is CCCCCCN(CCO)C(=O)c1cc(C)nc(Cl)c1. The average Bonchev–Trinajstić information content (AvgIpc) is 2.40. The molecule has 5 heteroatoms. The molecule has 0 aliphatic heterocycles. The monoisotopic (exact) mass is 298 g/mol.